The summed E-state index contributed by atoms with van der Waals surface area (Å²) < 4.78 is 0. The zero-order chi connectivity index (χ0) is 12.0. The van der Waals surface area contributed by atoms with Crippen LogP contribution in [0.4, 0.5) is 0 Å². The van der Waals surface area contributed by atoms with Crippen LogP contribution in [0.25, 0.3) is 0 Å². The van der Waals surface area contributed by atoms with Gasteiger partial charge in [-0.25, -0.2) is 0 Å². The van der Waals surface area contributed by atoms with Gasteiger partial charge in [-0.3, -0.25) is 4.90 Å². The van der Waals surface area contributed by atoms with E-state index in [0.29, 0.717) is 6.04 Å². The van der Waals surface area contributed by atoms with E-state index in [9.17, 15) is 0 Å². The Bertz CT molecular complexity index is 178. The standard InChI is InChI=1S/C14H30N2/c1-12(2)7-5-9-16-10-6-8-14(16)11-15-13(3)4/h12-15H,5-11H2,1-4H3. The van der Waals surface area contributed by atoms with Crippen LogP contribution in [0.2, 0.25) is 0 Å². The van der Waals surface area contributed by atoms with Gasteiger partial charge >= 0.3 is 0 Å². The van der Waals surface area contributed by atoms with Crippen LogP contribution >= 0.6 is 0 Å². The lowest BCUT2D eigenvalue weighted by atomic mass is 10.1. The van der Waals surface area contributed by atoms with Gasteiger partial charge in [0.2, 0.25) is 0 Å². The predicted molar refractivity (Wildman–Crippen MR) is 71.8 cm³/mol. The van der Waals surface area contributed by atoms with Gasteiger partial charge in [0.05, 0.1) is 0 Å². The maximum absolute atomic E-state index is 3.57. The van der Waals surface area contributed by atoms with E-state index < -0.39 is 0 Å². The third kappa shape index (κ3) is 5.31. The SMILES string of the molecule is CC(C)CCCN1CCCC1CNC(C)C. The van der Waals surface area contributed by atoms with Crippen LogP contribution < -0.4 is 5.32 Å². The third-order valence-corrected chi connectivity index (χ3v) is 3.49. The summed E-state index contributed by atoms with van der Waals surface area (Å²) >= 11 is 0. The Labute approximate surface area is 102 Å². The average Bonchev–Trinajstić information content (AvgIpc) is 2.62. The molecule has 0 aliphatic carbocycles. The molecular formula is C14H30N2. The Morgan fingerprint density at radius 2 is 2.00 bits per heavy atom. The highest BCUT2D eigenvalue weighted by Gasteiger charge is 2.23. The first-order valence-corrected chi connectivity index (χ1v) is 7.07. The minimum absolute atomic E-state index is 0.623. The third-order valence-electron chi connectivity index (χ3n) is 3.49. The molecular weight excluding hydrogens is 196 g/mol. The summed E-state index contributed by atoms with van der Waals surface area (Å²) in [6, 6.07) is 1.42. The maximum Gasteiger partial charge on any atom is 0.0221 e. The molecule has 1 saturated heterocycles. The predicted octanol–water partition coefficient (Wildman–Crippen LogP) is 2.89. The summed E-state index contributed by atoms with van der Waals surface area (Å²) in [5.74, 6) is 0.856. The molecule has 0 radical (unpaired) electrons. The highest BCUT2D eigenvalue weighted by molar-refractivity contribution is 4.81. The van der Waals surface area contributed by atoms with Crippen molar-refractivity contribution in [1.82, 2.24) is 10.2 Å². The summed E-state index contributed by atoms with van der Waals surface area (Å²) in [6.07, 6.45) is 5.53. The summed E-state index contributed by atoms with van der Waals surface area (Å²) in [5, 5.41) is 3.57. The van der Waals surface area contributed by atoms with Crippen LogP contribution in [0, 0.1) is 5.92 Å². The van der Waals surface area contributed by atoms with Crippen molar-refractivity contribution < 1.29 is 0 Å². The Balaban J connectivity index is 2.18. The Kier molecular flexibility index (Phi) is 6.37. The quantitative estimate of drug-likeness (QED) is 0.718. The van der Waals surface area contributed by atoms with Gasteiger partial charge in [-0.15, -0.1) is 0 Å². The fraction of sp³-hybridized carbons (Fsp3) is 1.00. The number of hydrogen-bond acceptors (Lipinski definition) is 2. The van der Waals surface area contributed by atoms with Gasteiger partial charge in [0.15, 0.2) is 0 Å². The molecule has 0 saturated carbocycles. The largest absolute Gasteiger partial charge is 0.313 e. The smallest absolute Gasteiger partial charge is 0.0221 e. The molecule has 1 unspecified atom stereocenters. The number of likely N-dealkylation sites (tertiary alicyclic amines) is 1. The van der Waals surface area contributed by atoms with E-state index in [1.807, 2.05) is 0 Å². The van der Waals surface area contributed by atoms with E-state index in [2.05, 4.69) is 37.9 Å². The van der Waals surface area contributed by atoms with Crippen LogP contribution in [-0.2, 0) is 0 Å². The number of nitrogens with one attached hydrogen (secondary N) is 1. The molecule has 2 heteroatoms. The maximum atomic E-state index is 3.57. The van der Waals surface area contributed by atoms with Crippen LogP contribution in [0.15, 0.2) is 0 Å². The second-order valence-electron chi connectivity index (χ2n) is 5.93. The Morgan fingerprint density at radius 3 is 2.62 bits per heavy atom. The first kappa shape index (κ1) is 14.0. The molecule has 1 atom stereocenters. The van der Waals surface area contributed by atoms with Crippen LogP contribution in [0.1, 0.15) is 53.4 Å². The van der Waals surface area contributed by atoms with Gasteiger partial charge < -0.3 is 5.32 Å². The molecule has 16 heavy (non-hydrogen) atoms. The van der Waals surface area contributed by atoms with Crippen LogP contribution in [0.5, 0.6) is 0 Å². The minimum atomic E-state index is 0.623. The van der Waals surface area contributed by atoms with E-state index in [1.165, 1.54) is 45.3 Å². The van der Waals surface area contributed by atoms with Crippen molar-refractivity contribution in [2.75, 3.05) is 19.6 Å². The average molecular weight is 226 g/mol. The topological polar surface area (TPSA) is 15.3 Å². The zero-order valence-corrected chi connectivity index (χ0v) is 11.6. The molecule has 0 spiro atoms. The molecule has 1 fully saturated rings. The molecule has 1 aliphatic rings. The first-order chi connectivity index (χ1) is 7.59. The van der Waals surface area contributed by atoms with E-state index in [0.717, 1.165) is 12.0 Å². The van der Waals surface area contributed by atoms with Crippen LogP contribution in [-0.4, -0.2) is 36.6 Å². The van der Waals surface area contributed by atoms with Gasteiger partial charge in [-0.05, 0) is 44.7 Å². The van der Waals surface area contributed by atoms with Crippen molar-refractivity contribution >= 4 is 0 Å². The molecule has 1 rings (SSSR count). The van der Waals surface area contributed by atoms with Gasteiger partial charge in [-0.2, -0.15) is 0 Å². The molecule has 0 aromatic heterocycles. The summed E-state index contributed by atoms with van der Waals surface area (Å²) in [4.78, 5) is 2.69. The summed E-state index contributed by atoms with van der Waals surface area (Å²) in [6.45, 7) is 12.9. The monoisotopic (exact) mass is 226 g/mol. The zero-order valence-electron chi connectivity index (χ0n) is 11.6. The van der Waals surface area contributed by atoms with Crippen molar-refractivity contribution in [1.29, 1.82) is 0 Å². The molecule has 0 aromatic carbocycles. The second-order valence-corrected chi connectivity index (χ2v) is 5.93. The summed E-state index contributed by atoms with van der Waals surface area (Å²) in [5.41, 5.74) is 0. The fourth-order valence-corrected chi connectivity index (χ4v) is 2.50. The minimum Gasteiger partial charge on any atom is -0.313 e. The molecule has 96 valence electrons. The summed E-state index contributed by atoms with van der Waals surface area (Å²) in [7, 11) is 0. The number of rotatable bonds is 7. The Morgan fingerprint density at radius 1 is 1.25 bits per heavy atom. The van der Waals surface area contributed by atoms with Crippen LogP contribution in [0.3, 0.4) is 0 Å². The number of hydrogen-bond donors (Lipinski definition) is 1. The van der Waals surface area contributed by atoms with Gasteiger partial charge in [0.25, 0.3) is 0 Å². The van der Waals surface area contributed by atoms with E-state index in [-0.39, 0.29) is 0 Å². The lowest BCUT2D eigenvalue weighted by Gasteiger charge is -2.25. The van der Waals surface area contributed by atoms with Crippen molar-refractivity contribution in [2.45, 2.75) is 65.5 Å². The molecule has 1 aliphatic heterocycles. The van der Waals surface area contributed by atoms with Gasteiger partial charge in [0, 0.05) is 18.6 Å². The van der Waals surface area contributed by atoms with Crippen molar-refractivity contribution in [3.63, 3.8) is 0 Å². The first-order valence-electron chi connectivity index (χ1n) is 7.07. The lowest BCUT2D eigenvalue weighted by molar-refractivity contribution is 0.236. The molecule has 1 heterocycles. The highest BCUT2D eigenvalue weighted by Crippen LogP contribution is 2.18. The van der Waals surface area contributed by atoms with Gasteiger partial charge in [0.1, 0.15) is 0 Å². The van der Waals surface area contributed by atoms with Crippen molar-refractivity contribution in [2.24, 2.45) is 5.92 Å². The molecule has 0 bridgehead atoms. The van der Waals surface area contributed by atoms with E-state index in [4.69, 9.17) is 0 Å². The van der Waals surface area contributed by atoms with E-state index >= 15 is 0 Å². The van der Waals surface area contributed by atoms with Gasteiger partial charge in [-0.1, -0.05) is 27.7 Å². The van der Waals surface area contributed by atoms with Crippen molar-refractivity contribution in [3.8, 4) is 0 Å². The molecule has 0 aromatic rings. The normalized spacial score (nSPS) is 22.5. The molecule has 1 N–H and O–H groups in total. The lowest BCUT2D eigenvalue weighted by Crippen LogP contribution is -2.40. The van der Waals surface area contributed by atoms with Crippen molar-refractivity contribution in [3.05, 3.63) is 0 Å². The molecule has 0 amide bonds. The van der Waals surface area contributed by atoms with E-state index in [1.54, 1.807) is 0 Å². The Hall–Kier alpha value is -0.0800. The number of nitrogens with zero attached hydrogens (tertiary/aromatic N) is 1. The second kappa shape index (κ2) is 7.29. The fourth-order valence-electron chi connectivity index (χ4n) is 2.50. The molecule has 2 nitrogen and oxygen atoms in total. The highest BCUT2D eigenvalue weighted by atomic mass is 15.2.